The number of ether oxygens (including phenoxy) is 2. The number of amides is 1. The minimum atomic E-state index is -4.84. The van der Waals surface area contributed by atoms with Crippen LogP contribution in [-0.2, 0) is 0 Å². The number of rotatable bonds is 5. The van der Waals surface area contributed by atoms with E-state index in [1.165, 1.54) is 24.3 Å². The molecule has 0 unspecified atom stereocenters. The maximum atomic E-state index is 12.6. The summed E-state index contributed by atoms with van der Waals surface area (Å²) in [6, 6.07) is 15.2. The maximum Gasteiger partial charge on any atom is 0.573 e. The molecule has 0 fully saturated rings. The molecule has 0 saturated heterocycles. The summed E-state index contributed by atoms with van der Waals surface area (Å²) in [6.45, 7) is 3.56. The Bertz CT molecular complexity index is 1040. The molecule has 29 heavy (non-hydrogen) atoms. The predicted octanol–water partition coefficient (Wildman–Crippen LogP) is 5.64. The van der Waals surface area contributed by atoms with E-state index in [1.54, 1.807) is 37.3 Å². The van der Waals surface area contributed by atoms with E-state index in [0.29, 0.717) is 16.9 Å². The maximum absolute atomic E-state index is 12.6. The molecule has 5 nitrogen and oxygen atoms in total. The van der Waals surface area contributed by atoms with Crippen LogP contribution in [-0.4, -0.2) is 17.3 Å². The van der Waals surface area contributed by atoms with E-state index in [2.05, 4.69) is 15.0 Å². The molecule has 0 saturated carbocycles. The van der Waals surface area contributed by atoms with Crippen molar-refractivity contribution in [3.63, 3.8) is 0 Å². The summed E-state index contributed by atoms with van der Waals surface area (Å²) in [5.41, 5.74) is 2.23. The quantitative estimate of drug-likeness (QED) is 0.600. The van der Waals surface area contributed by atoms with Gasteiger partial charge in [-0.15, -0.1) is 13.2 Å². The van der Waals surface area contributed by atoms with E-state index in [0.717, 1.165) is 11.8 Å². The zero-order valence-corrected chi connectivity index (χ0v) is 15.6. The van der Waals surface area contributed by atoms with Crippen molar-refractivity contribution in [2.24, 2.45) is 0 Å². The first-order chi connectivity index (χ1) is 13.7. The molecule has 1 amide bonds. The van der Waals surface area contributed by atoms with Crippen molar-refractivity contribution in [3.05, 3.63) is 77.6 Å². The number of hydrogen-bond donors (Lipinski definition) is 1. The van der Waals surface area contributed by atoms with Gasteiger partial charge in [-0.25, -0.2) is 0 Å². The lowest BCUT2D eigenvalue weighted by Gasteiger charge is -2.14. The predicted molar refractivity (Wildman–Crippen MR) is 101 cm³/mol. The van der Waals surface area contributed by atoms with Crippen LogP contribution >= 0.6 is 0 Å². The van der Waals surface area contributed by atoms with Gasteiger partial charge >= 0.3 is 6.36 Å². The normalized spacial score (nSPS) is 11.1. The molecule has 0 aliphatic carbocycles. The van der Waals surface area contributed by atoms with Crippen molar-refractivity contribution in [2.45, 2.75) is 20.2 Å². The summed E-state index contributed by atoms with van der Waals surface area (Å²) in [5, 5.41) is 2.73. The molecular formula is C21H17F3N2O3. The molecule has 0 bridgehead atoms. The summed E-state index contributed by atoms with van der Waals surface area (Å²) in [6.07, 6.45) is -4.84. The number of aromatic nitrogens is 1. The second-order valence-corrected chi connectivity index (χ2v) is 6.16. The van der Waals surface area contributed by atoms with Crippen LogP contribution in [0.4, 0.5) is 18.9 Å². The number of anilines is 1. The number of benzene rings is 2. The van der Waals surface area contributed by atoms with Crippen molar-refractivity contribution < 1.29 is 27.4 Å². The van der Waals surface area contributed by atoms with Crippen molar-refractivity contribution >= 4 is 11.6 Å². The van der Waals surface area contributed by atoms with Gasteiger partial charge in [0.2, 0.25) is 0 Å². The fraction of sp³-hybridized carbons (Fsp3) is 0.143. The molecule has 1 N–H and O–H groups in total. The molecular weight excluding hydrogens is 385 g/mol. The van der Waals surface area contributed by atoms with Crippen molar-refractivity contribution in [1.29, 1.82) is 0 Å². The van der Waals surface area contributed by atoms with Crippen LogP contribution in [0.2, 0.25) is 0 Å². The van der Waals surface area contributed by atoms with Gasteiger partial charge in [0.1, 0.15) is 5.75 Å². The number of aryl methyl sites for hydroxylation is 2. The number of carbonyl (C=O) groups is 1. The summed E-state index contributed by atoms with van der Waals surface area (Å²) in [5.74, 6) is -0.685. The fourth-order valence-electron chi connectivity index (χ4n) is 2.63. The lowest BCUT2D eigenvalue weighted by atomic mass is 10.1. The second-order valence-electron chi connectivity index (χ2n) is 6.16. The average molecular weight is 402 g/mol. The highest BCUT2D eigenvalue weighted by Crippen LogP contribution is 2.35. The average Bonchev–Trinajstić information content (AvgIpc) is 2.62. The first-order valence-corrected chi connectivity index (χ1v) is 8.59. The molecule has 1 aromatic heterocycles. The summed E-state index contributed by atoms with van der Waals surface area (Å²) in [7, 11) is 0. The van der Waals surface area contributed by atoms with Gasteiger partial charge in [-0.1, -0.05) is 18.2 Å². The summed E-state index contributed by atoms with van der Waals surface area (Å²) < 4.78 is 47.2. The molecule has 0 aliphatic rings. The van der Waals surface area contributed by atoms with Crippen LogP contribution in [0.1, 0.15) is 21.7 Å². The number of halogens is 3. The highest BCUT2D eigenvalue weighted by Gasteiger charge is 2.32. The number of carbonyl (C=O) groups excluding carboxylic acids is 1. The first-order valence-electron chi connectivity index (χ1n) is 8.59. The molecule has 0 radical (unpaired) electrons. The number of nitrogens with zero attached hydrogens (tertiary/aromatic N) is 1. The third-order valence-corrected chi connectivity index (χ3v) is 3.86. The third kappa shape index (κ3) is 5.47. The number of pyridine rings is 1. The largest absolute Gasteiger partial charge is 0.573 e. The zero-order valence-electron chi connectivity index (χ0n) is 15.6. The Kier molecular flexibility index (Phi) is 5.72. The van der Waals surface area contributed by atoms with Crippen LogP contribution in [0, 0.1) is 13.8 Å². The molecule has 0 atom stereocenters. The molecule has 0 aliphatic heterocycles. The Morgan fingerprint density at radius 2 is 1.69 bits per heavy atom. The van der Waals surface area contributed by atoms with Crippen LogP contribution in [0.5, 0.6) is 17.2 Å². The Morgan fingerprint density at radius 3 is 2.38 bits per heavy atom. The number of para-hydroxylation sites is 2. The third-order valence-electron chi connectivity index (χ3n) is 3.86. The monoisotopic (exact) mass is 402 g/mol. The molecule has 3 aromatic rings. The minimum absolute atomic E-state index is 0.105. The van der Waals surface area contributed by atoms with Gasteiger partial charge in [0.05, 0.1) is 11.3 Å². The minimum Gasteiger partial charge on any atom is -0.453 e. The molecule has 1 heterocycles. The smallest absolute Gasteiger partial charge is 0.453 e. The van der Waals surface area contributed by atoms with Gasteiger partial charge < -0.3 is 14.8 Å². The number of hydrogen-bond acceptors (Lipinski definition) is 4. The fourth-order valence-corrected chi connectivity index (χ4v) is 2.63. The SMILES string of the molecule is Cc1ccc(C(=O)Nc2cccc(Oc3ccccc3OC(F)(F)F)c2)c(C)n1. The highest BCUT2D eigenvalue weighted by molar-refractivity contribution is 6.05. The Morgan fingerprint density at radius 1 is 0.966 bits per heavy atom. The molecule has 150 valence electrons. The lowest BCUT2D eigenvalue weighted by molar-refractivity contribution is -0.275. The number of nitrogens with one attached hydrogen (secondary N) is 1. The van der Waals surface area contributed by atoms with Crippen LogP contribution in [0.15, 0.2) is 60.7 Å². The van der Waals surface area contributed by atoms with E-state index >= 15 is 0 Å². The van der Waals surface area contributed by atoms with Gasteiger partial charge in [-0.2, -0.15) is 0 Å². The summed E-state index contributed by atoms with van der Waals surface area (Å²) in [4.78, 5) is 16.7. The second kappa shape index (κ2) is 8.22. The van der Waals surface area contributed by atoms with Crippen LogP contribution < -0.4 is 14.8 Å². The Hall–Kier alpha value is -3.55. The van der Waals surface area contributed by atoms with E-state index in [1.807, 2.05) is 6.92 Å². The zero-order chi connectivity index (χ0) is 21.0. The van der Waals surface area contributed by atoms with Gasteiger partial charge in [0.15, 0.2) is 11.5 Å². The van der Waals surface area contributed by atoms with Gasteiger partial charge in [0, 0.05) is 17.4 Å². The molecule has 2 aromatic carbocycles. The van der Waals surface area contributed by atoms with Crippen molar-refractivity contribution in [2.75, 3.05) is 5.32 Å². The van der Waals surface area contributed by atoms with Gasteiger partial charge in [-0.05, 0) is 50.2 Å². The van der Waals surface area contributed by atoms with Gasteiger partial charge in [-0.3, -0.25) is 9.78 Å². The van der Waals surface area contributed by atoms with E-state index in [-0.39, 0.29) is 17.4 Å². The van der Waals surface area contributed by atoms with Crippen LogP contribution in [0.25, 0.3) is 0 Å². The van der Waals surface area contributed by atoms with E-state index < -0.39 is 12.1 Å². The molecule has 0 spiro atoms. The molecule has 3 rings (SSSR count). The standard InChI is InChI=1S/C21H17F3N2O3/c1-13-10-11-17(14(2)25-13)20(27)26-15-6-5-7-16(12-15)28-18-8-3-4-9-19(18)29-21(22,23)24/h3-12H,1-2H3,(H,26,27). The van der Waals surface area contributed by atoms with Crippen molar-refractivity contribution in [3.8, 4) is 17.2 Å². The van der Waals surface area contributed by atoms with E-state index in [4.69, 9.17) is 4.74 Å². The topological polar surface area (TPSA) is 60.5 Å². The highest BCUT2D eigenvalue weighted by atomic mass is 19.4. The van der Waals surface area contributed by atoms with Crippen molar-refractivity contribution in [1.82, 2.24) is 4.98 Å². The lowest BCUT2D eigenvalue weighted by Crippen LogP contribution is -2.17. The van der Waals surface area contributed by atoms with Gasteiger partial charge in [0.25, 0.3) is 5.91 Å². The molecule has 8 heteroatoms. The first kappa shape index (κ1) is 20.2. The Balaban J connectivity index is 1.78. The Labute approximate surface area is 165 Å². The van der Waals surface area contributed by atoms with E-state index in [9.17, 15) is 18.0 Å². The van der Waals surface area contributed by atoms with Crippen LogP contribution in [0.3, 0.4) is 0 Å². The number of alkyl halides is 3. The summed E-state index contributed by atoms with van der Waals surface area (Å²) >= 11 is 0.